The van der Waals surface area contributed by atoms with Gasteiger partial charge >= 0.3 is 0 Å². The number of carbonyl (C=O) groups is 1. The monoisotopic (exact) mass is 454 g/mol. The number of nitrogens with zero attached hydrogens (tertiary/aromatic N) is 4. The van der Waals surface area contributed by atoms with Crippen LogP contribution in [0.25, 0.3) is 0 Å². The molecule has 0 saturated heterocycles. The van der Waals surface area contributed by atoms with Crippen LogP contribution in [0.5, 0.6) is 0 Å². The summed E-state index contributed by atoms with van der Waals surface area (Å²) < 4.78 is 5.29. The van der Waals surface area contributed by atoms with Crippen LogP contribution in [0.15, 0.2) is 21.3 Å². The van der Waals surface area contributed by atoms with Gasteiger partial charge in [0.1, 0.15) is 12.4 Å². The fourth-order valence-electron chi connectivity index (χ4n) is 7.41. The molecule has 0 N–H and O–H groups in total. The van der Waals surface area contributed by atoms with Crippen LogP contribution in [0.2, 0.25) is 0 Å². The summed E-state index contributed by atoms with van der Waals surface area (Å²) in [7, 11) is 3.96. The number of carbonyl (C=O) groups excluding carboxylic acids is 1. The molecule has 0 spiro atoms. The second-order valence-electron chi connectivity index (χ2n) is 11.4. The minimum Gasteiger partial charge on any atom is -0.395 e. The van der Waals surface area contributed by atoms with E-state index >= 15 is 0 Å². The topological polar surface area (TPSA) is 80.8 Å². The first-order valence-corrected chi connectivity index (χ1v) is 12.7. The molecule has 3 saturated carbocycles. The van der Waals surface area contributed by atoms with Crippen molar-refractivity contribution in [3.05, 3.63) is 23.4 Å². The molecule has 3 fully saturated rings. The van der Waals surface area contributed by atoms with Crippen LogP contribution in [0.3, 0.4) is 0 Å². The normalized spacial score (nSPS) is 37.0. The Hall–Kier alpha value is -2.02. The van der Waals surface area contributed by atoms with Gasteiger partial charge in [-0.3, -0.25) is 4.79 Å². The molecule has 1 heterocycles. The summed E-state index contributed by atoms with van der Waals surface area (Å²) in [6.45, 7) is 5.84. The third-order valence-corrected chi connectivity index (χ3v) is 9.24. The molecule has 0 amide bonds. The maximum absolute atomic E-state index is 12.6. The molecule has 7 nitrogen and oxygen atoms in total. The Labute approximate surface area is 197 Å². The highest BCUT2D eigenvalue weighted by Gasteiger charge is 2.58. The SMILES string of the molecule is CN(C)Cc1noc(CCO/N=C2/C=C3CCC4C(CC[C@]5(C)C(=O)CCC45)[C@@]3(C)CC2)n1. The first-order chi connectivity index (χ1) is 15.8. The average Bonchev–Trinajstić information content (AvgIpc) is 3.34. The van der Waals surface area contributed by atoms with Gasteiger partial charge in [-0.2, -0.15) is 4.98 Å². The summed E-state index contributed by atoms with van der Waals surface area (Å²) in [5.41, 5.74) is 2.81. The van der Waals surface area contributed by atoms with Crippen molar-refractivity contribution in [1.29, 1.82) is 0 Å². The van der Waals surface area contributed by atoms with E-state index < -0.39 is 0 Å². The van der Waals surface area contributed by atoms with Gasteiger partial charge in [-0.15, -0.1) is 0 Å². The Balaban J connectivity index is 1.20. The molecule has 0 aliphatic heterocycles. The highest BCUT2D eigenvalue weighted by atomic mass is 16.6. The van der Waals surface area contributed by atoms with Gasteiger partial charge in [0.05, 0.1) is 18.7 Å². The molecule has 180 valence electrons. The zero-order valence-electron chi connectivity index (χ0n) is 20.6. The maximum atomic E-state index is 12.6. The molecule has 0 aromatic carbocycles. The van der Waals surface area contributed by atoms with Crippen LogP contribution in [-0.2, 0) is 22.6 Å². The Bertz CT molecular complexity index is 966. The van der Waals surface area contributed by atoms with Crippen molar-refractivity contribution >= 4 is 11.5 Å². The molecule has 0 bridgehead atoms. The van der Waals surface area contributed by atoms with Crippen molar-refractivity contribution in [1.82, 2.24) is 15.0 Å². The van der Waals surface area contributed by atoms with Gasteiger partial charge in [0, 0.05) is 11.8 Å². The van der Waals surface area contributed by atoms with Gasteiger partial charge in [0.2, 0.25) is 5.89 Å². The largest absolute Gasteiger partial charge is 0.395 e. The van der Waals surface area contributed by atoms with E-state index in [1.807, 2.05) is 19.0 Å². The number of hydrogen-bond donors (Lipinski definition) is 0. The highest BCUT2D eigenvalue weighted by Crippen LogP contribution is 2.64. The predicted octanol–water partition coefficient (Wildman–Crippen LogP) is 4.58. The molecule has 4 aliphatic rings. The van der Waals surface area contributed by atoms with E-state index in [1.165, 1.54) is 12.8 Å². The second kappa shape index (κ2) is 8.64. The molecule has 0 radical (unpaired) electrons. The fourth-order valence-corrected chi connectivity index (χ4v) is 7.41. The number of allylic oxidation sites excluding steroid dienone is 2. The second-order valence-corrected chi connectivity index (χ2v) is 11.4. The minimum atomic E-state index is -0.0422. The number of Topliss-reactive ketones (excluding diaryl/α,β-unsaturated/α-hetero) is 1. The smallest absolute Gasteiger partial charge is 0.230 e. The Morgan fingerprint density at radius 3 is 2.76 bits per heavy atom. The van der Waals surface area contributed by atoms with Gasteiger partial charge in [-0.25, -0.2) is 0 Å². The molecule has 1 aromatic heterocycles. The van der Waals surface area contributed by atoms with Crippen molar-refractivity contribution in [3.63, 3.8) is 0 Å². The van der Waals surface area contributed by atoms with E-state index in [1.54, 1.807) is 5.57 Å². The molecule has 33 heavy (non-hydrogen) atoms. The van der Waals surface area contributed by atoms with E-state index in [2.05, 4.69) is 35.2 Å². The minimum absolute atomic E-state index is 0.0422. The van der Waals surface area contributed by atoms with E-state index in [-0.39, 0.29) is 10.8 Å². The van der Waals surface area contributed by atoms with Gasteiger partial charge in [-0.1, -0.05) is 29.7 Å². The molecule has 7 heteroatoms. The maximum Gasteiger partial charge on any atom is 0.230 e. The lowest BCUT2D eigenvalue weighted by molar-refractivity contribution is -0.132. The number of ketones is 1. The van der Waals surface area contributed by atoms with Gasteiger partial charge in [0.25, 0.3) is 0 Å². The molecule has 3 unspecified atom stereocenters. The molecule has 1 aromatic rings. The fraction of sp³-hybridized carbons (Fsp3) is 0.769. The third kappa shape index (κ3) is 4.07. The zero-order valence-corrected chi connectivity index (χ0v) is 20.6. The summed E-state index contributed by atoms with van der Waals surface area (Å²) in [5.74, 6) is 3.83. The molecular weight excluding hydrogens is 416 g/mol. The average molecular weight is 455 g/mol. The van der Waals surface area contributed by atoms with Crippen molar-refractivity contribution in [2.45, 2.75) is 78.2 Å². The van der Waals surface area contributed by atoms with Crippen LogP contribution >= 0.6 is 0 Å². The van der Waals surface area contributed by atoms with Crippen LogP contribution in [0, 0.1) is 28.6 Å². The van der Waals surface area contributed by atoms with Crippen molar-refractivity contribution in [2.75, 3.05) is 20.7 Å². The molecule has 5 rings (SSSR count). The van der Waals surface area contributed by atoms with Gasteiger partial charge in [-0.05, 0) is 88.3 Å². The third-order valence-electron chi connectivity index (χ3n) is 9.24. The van der Waals surface area contributed by atoms with Crippen molar-refractivity contribution in [3.8, 4) is 0 Å². The van der Waals surface area contributed by atoms with Crippen LogP contribution in [0.4, 0.5) is 0 Å². The van der Waals surface area contributed by atoms with Crippen LogP contribution in [-0.4, -0.2) is 47.2 Å². The van der Waals surface area contributed by atoms with E-state index in [0.717, 1.165) is 44.2 Å². The van der Waals surface area contributed by atoms with Crippen LogP contribution < -0.4 is 0 Å². The number of fused-ring (bicyclic) bond motifs is 5. The van der Waals surface area contributed by atoms with Gasteiger partial charge < -0.3 is 14.3 Å². The van der Waals surface area contributed by atoms with E-state index in [0.29, 0.717) is 54.8 Å². The summed E-state index contributed by atoms with van der Waals surface area (Å²) in [5, 5.41) is 8.44. The first-order valence-electron chi connectivity index (χ1n) is 12.7. The Kier molecular flexibility index (Phi) is 5.96. The number of hydrogen-bond acceptors (Lipinski definition) is 7. The Morgan fingerprint density at radius 1 is 1.12 bits per heavy atom. The Morgan fingerprint density at radius 2 is 1.94 bits per heavy atom. The summed E-state index contributed by atoms with van der Waals surface area (Å²) in [4.78, 5) is 24.6. The quantitative estimate of drug-likeness (QED) is 0.462. The zero-order chi connectivity index (χ0) is 23.2. The number of rotatable bonds is 6. The number of aromatic nitrogens is 2. The summed E-state index contributed by atoms with van der Waals surface area (Å²) >= 11 is 0. The molecular formula is C26H38N4O3. The molecule has 4 aliphatic carbocycles. The lowest BCUT2D eigenvalue weighted by atomic mass is 9.47. The summed E-state index contributed by atoms with van der Waals surface area (Å²) in [6, 6.07) is 0. The van der Waals surface area contributed by atoms with Crippen LogP contribution in [0.1, 0.15) is 76.9 Å². The van der Waals surface area contributed by atoms with Crippen molar-refractivity contribution < 1.29 is 14.2 Å². The first kappa shape index (κ1) is 22.8. The standard InChI is InChI=1S/C26H38N4O3/c1-25-12-9-18(28-32-14-11-24-27-23(29-33-24)16-30(3)4)15-17(25)5-6-19-20-7-8-22(31)26(20,2)13-10-21(19)25/h15,19-21H,5-14,16H2,1-4H3/b28-18+/t19?,20?,21?,25-,26-/m0/s1. The molecule has 5 atom stereocenters. The lowest BCUT2D eigenvalue weighted by Crippen LogP contribution is -2.50. The van der Waals surface area contributed by atoms with Crippen molar-refractivity contribution in [2.24, 2.45) is 33.7 Å². The van der Waals surface area contributed by atoms with Gasteiger partial charge in [0.15, 0.2) is 5.82 Å². The summed E-state index contributed by atoms with van der Waals surface area (Å²) in [6.07, 6.45) is 11.5. The lowest BCUT2D eigenvalue weighted by Gasteiger charge is -2.57. The van der Waals surface area contributed by atoms with E-state index in [4.69, 9.17) is 9.36 Å². The highest BCUT2D eigenvalue weighted by molar-refractivity contribution is 5.96. The van der Waals surface area contributed by atoms with E-state index in [9.17, 15) is 4.79 Å². The number of oxime groups is 1. The predicted molar refractivity (Wildman–Crippen MR) is 125 cm³/mol.